The Morgan fingerprint density at radius 3 is 2.68 bits per heavy atom. The number of aliphatic carboxylic acids is 1. The summed E-state index contributed by atoms with van der Waals surface area (Å²) < 4.78 is 0. The first-order valence-corrected chi connectivity index (χ1v) is 7.09. The fraction of sp³-hybridized carbons (Fsp3) is 0.562. The van der Waals surface area contributed by atoms with Gasteiger partial charge in [-0.25, -0.2) is 0 Å². The lowest BCUT2D eigenvalue weighted by molar-refractivity contribution is -0.153. The highest BCUT2D eigenvalue weighted by Crippen LogP contribution is 2.36. The van der Waals surface area contributed by atoms with Crippen molar-refractivity contribution in [2.45, 2.75) is 51.0 Å². The molecule has 3 nitrogen and oxygen atoms in total. The van der Waals surface area contributed by atoms with Crippen molar-refractivity contribution in [3.05, 3.63) is 35.4 Å². The van der Waals surface area contributed by atoms with Crippen molar-refractivity contribution >= 4 is 5.97 Å². The molecule has 104 valence electrons. The van der Waals surface area contributed by atoms with Gasteiger partial charge in [-0.2, -0.15) is 0 Å². The van der Waals surface area contributed by atoms with E-state index in [9.17, 15) is 15.0 Å². The molecule has 0 aromatic heterocycles. The van der Waals surface area contributed by atoms with Crippen LogP contribution in [0.3, 0.4) is 0 Å². The van der Waals surface area contributed by atoms with Crippen molar-refractivity contribution in [1.82, 2.24) is 0 Å². The number of aryl methyl sites for hydroxylation is 1. The number of carboxylic acid groups (broad SMARTS) is 1. The minimum Gasteiger partial charge on any atom is -0.481 e. The molecule has 0 saturated carbocycles. The molecule has 2 atom stereocenters. The lowest BCUT2D eigenvalue weighted by Crippen LogP contribution is -2.46. The molecule has 0 amide bonds. The number of hydrogen-bond donors (Lipinski definition) is 2. The Labute approximate surface area is 114 Å². The molecule has 19 heavy (non-hydrogen) atoms. The van der Waals surface area contributed by atoms with Crippen LogP contribution in [0.25, 0.3) is 0 Å². The van der Waals surface area contributed by atoms with Gasteiger partial charge in [-0.3, -0.25) is 4.79 Å². The summed E-state index contributed by atoms with van der Waals surface area (Å²) in [5, 5.41) is 20.2. The molecule has 0 spiro atoms. The van der Waals surface area contributed by atoms with E-state index in [1.807, 2.05) is 25.1 Å². The van der Waals surface area contributed by atoms with Crippen molar-refractivity contribution < 1.29 is 15.0 Å². The number of fused-ring (bicyclic) bond motifs is 1. The Kier molecular flexibility index (Phi) is 4.25. The van der Waals surface area contributed by atoms with Gasteiger partial charge in [0.25, 0.3) is 0 Å². The zero-order chi connectivity index (χ0) is 13.9. The number of hydrogen-bond acceptors (Lipinski definition) is 2. The molecule has 3 heteroatoms. The van der Waals surface area contributed by atoms with Crippen LogP contribution >= 0.6 is 0 Å². The third kappa shape index (κ3) is 2.98. The summed E-state index contributed by atoms with van der Waals surface area (Å²) >= 11 is 0. The average molecular weight is 262 g/mol. The van der Waals surface area contributed by atoms with Crippen LogP contribution in [-0.4, -0.2) is 21.8 Å². The summed E-state index contributed by atoms with van der Waals surface area (Å²) in [5.74, 6) is -1.52. The molecule has 0 radical (unpaired) electrons. The largest absolute Gasteiger partial charge is 0.481 e. The molecule has 2 rings (SSSR count). The number of aliphatic hydroxyl groups is 1. The van der Waals surface area contributed by atoms with Crippen molar-refractivity contribution in [1.29, 1.82) is 0 Å². The number of carboxylic acids is 1. The van der Waals surface area contributed by atoms with Gasteiger partial charge in [0.2, 0.25) is 0 Å². The number of benzene rings is 1. The third-order valence-electron chi connectivity index (χ3n) is 4.24. The second-order valence-electron chi connectivity index (χ2n) is 5.58. The molecule has 0 heterocycles. The monoisotopic (exact) mass is 262 g/mol. The van der Waals surface area contributed by atoms with Crippen molar-refractivity contribution in [3.63, 3.8) is 0 Å². The van der Waals surface area contributed by atoms with Gasteiger partial charge >= 0.3 is 5.97 Å². The fourth-order valence-electron chi connectivity index (χ4n) is 3.07. The van der Waals surface area contributed by atoms with Crippen LogP contribution in [-0.2, 0) is 17.6 Å². The van der Waals surface area contributed by atoms with Gasteiger partial charge in [-0.05, 0) is 30.4 Å². The quantitative estimate of drug-likeness (QED) is 0.858. The van der Waals surface area contributed by atoms with Gasteiger partial charge in [0.05, 0.1) is 11.5 Å². The van der Waals surface area contributed by atoms with Crippen LogP contribution in [0.1, 0.15) is 43.7 Å². The SMILES string of the molecule is CCCCC(C(=O)O)C1(O)CCc2ccccc2C1. The Morgan fingerprint density at radius 2 is 2.05 bits per heavy atom. The van der Waals surface area contributed by atoms with Crippen molar-refractivity contribution in [2.24, 2.45) is 5.92 Å². The standard InChI is InChI=1S/C16H22O3/c1-2-3-8-14(15(17)18)16(19)10-9-12-6-4-5-7-13(12)11-16/h4-7,14,19H,2-3,8-11H2,1H3,(H,17,18). The van der Waals surface area contributed by atoms with Crippen molar-refractivity contribution in [3.8, 4) is 0 Å². The van der Waals surface area contributed by atoms with E-state index in [0.717, 1.165) is 24.8 Å². The van der Waals surface area contributed by atoms with Crippen molar-refractivity contribution in [2.75, 3.05) is 0 Å². The van der Waals surface area contributed by atoms with Gasteiger partial charge in [0.1, 0.15) is 0 Å². The summed E-state index contributed by atoms with van der Waals surface area (Å²) in [5.41, 5.74) is 1.25. The van der Waals surface area contributed by atoms with E-state index in [1.165, 1.54) is 5.56 Å². The molecule has 0 fully saturated rings. The maximum absolute atomic E-state index is 11.5. The van der Waals surface area contributed by atoms with E-state index in [1.54, 1.807) is 0 Å². The van der Waals surface area contributed by atoms with E-state index in [4.69, 9.17) is 0 Å². The topological polar surface area (TPSA) is 57.5 Å². The molecular weight excluding hydrogens is 240 g/mol. The number of carbonyl (C=O) groups is 1. The van der Waals surface area contributed by atoms with Crippen LogP contribution in [0, 0.1) is 5.92 Å². The number of unbranched alkanes of at least 4 members (excludes halogenated alkanes) is 1. The highest BCUT2D eigenvalue weighted by Gasteiger charge is 2.43. The van der Waals surface area contributed by atoms with Gasteiger partial charge in [-0.1, -0.05) is 44.0 Å². The molecule has 0 aliphatic heterocycles. The van der Waals surface area contributed by atoms with E-state index in [0.29, 0.717) is 19.3 Å². The third-order valence-corrected chi connectivity index (χ3v) is 4.24. The summed E-state index contributed by atoms with van der Waals surface area (Å²) in [6.45, 7) is 2.04. The maximum Gasteiger partial charge on any atom is 0.309 e. The highest BCUT2D eigenvalue weighted by molar-refractivity contribution is 5.71. The maximum atomic E-state index is 11.5. The predicted molar refractivity (Wildman–Crippen MR) is 74.1 cm³/mol. The average Bonchev–Trinajstić information content (AvgIpc) is 2.38. The Morgan fingerprint density at radius 1 is 1.37 bits per heavy atom. The fourth-order valence-corrected chi connectivity index (χ4v) is 3.07. The molecule has 1 aliphatic carbocycles. The zero-order valence-electron chi connectivity index (χ0n) is 11.4. The van der Waals surface area contributed by atoms with Gasteiger partial charge in [0, 0.05) is 6.42 Å². The van der Waals surface area contributed by atoms with Crippen LogP contribution < -0.4 is 0 Å². The summed E-state index contributed by atoms with van der Waals surface area (Å²) in [7, 11) is 0. The minimum atomic E-state index is -1.09. The lowest BCUT2D eigenvalue weighted by Gasteiger charge is -2.38. The second-order valence-corrected chi connectivity index (χ2v) is 5.58. The molecule has 0 saturated heterocycles. The summed E-state index contributed by atoms with van der Waals surface area (Å²) in [6, 6.07) is 8.01. The van der Waals surface area contributed by atoms with Crippen LogP contribution in [0.2, 0.25) is 0 Å². The molecular formula is C16H22O3. The molecule has 2 N–H and O–H groups in total. The van der Waals surface area contributed by atoms with Crippen LogP contribution in [0.5, 0.6) is 0 Å². The minimum absolute atomic E-state index is 0.462. The molecule has 2 unspecified atom stereocenters. The second kappa shape index (κ2) is 5.74. The number of rotatable bonds is 5. The van der Waals surface area contributed by atoms with Gasteiger partial charge < -0.3 is 10.2 Å². The first kappa shape index (κ1) is 14.1. The first-order valence-electron chi connectivity index (χ1n) is 7.09. The van der Waals surface area contributed by atoms with E-state index >= 15 is 0 Å². The summed E-state index contributed by atoms with van der Waals surface area (Å²) in [6.07, 6.45) is 4.14. The van der Waals surface area contributed by atoms with E-state index < -0.39 is 17.5 Å². The molecule has 1 aromatic rings. The summed E-state index contributed by atoms with van der Waals surface area (Å²) in [4.78, 5) is 11.5. The first-order chi connectivity index (χ1) is 9.07. The highest BCUT2D eigenvalue weighted by atomic mass is 16.4. The Bertz CT molecular complexity index is 455. The predicted octanol–water partition coefficient (Wildman–Crippen LogP) is 2.80. The Balaban J connectivity index is 2.20. The zero-order valence-corrected chi connectivity index (χ0v) is 11.4. The van der Waals surface area contributed by atoms with Gasteiger partial charge in [-0.15, -0.1) is 0 Å². The smallest absolute Gasteiger partial charge is 0.309 e. The Hall–Kier alpha value is -1.35. The normalized spacial score (nSPS) is 23.7. The van der Waals surface area contributed by atoms with Crippen LogP contribution in [0.4, 0.5) is 0 Å². The molecule has 0 bridgehead atoms. The molecule has 1 aromatic carbocycles. The molecule has 1 aliphatic rings. The van der Waals surface area contributed by atoms with E-state index in [2.05, 4.69) is 6.07 Å². The van der Waals surface area contributed by atoms with E-state index in [-0.39, 0.29) is 0 Å². The van der Waals surface area contributed by atoms with Crippen LogP contribution in [0.15, 0.2) is 24.3 Å². The van der Waals surface area contributed by atoms with Gasteiger partial charge in [0.15, 0.2) is 0 Å². The lowest BCUT2D eigenvalue weighted by atomic mass is 9.71.